The largest absolute Gasteiger partial charge is 0.494 e. The molecule has 0 spiro atoms. The van der Waals surface area contributed by atoms with Gasteiger partial charge in [0.15, 0.2) is 34.2 Å². The van der Waals surface area contributed by atoms with E-state index in [2.05, 4.69) is 51.9 Å². The fraction of sp³-hybridized carbons (Fsp3) is 0.143. The van der Waals surface area contributed by atoms with Crippen LogP contribution in [-0.4, -0.2) is 97.7 Å². The number of nitrogens with one attached hydrogen (secondary N) is 2. The number of amides is 2. The van der Waals surface area contributed by atoms with Gasteiger partial charge in [-0.3, -0.25) is 9.59 Å². The molecule has 2 aromatic carbocycles. The van der Waals surface area contributed by atoms with Gasteiger partial charge in [0.05, 0.1) is 35.7 Å². The summed E-state index contributed by atoms with van der Waals surface area (Å²) < 4.78 is 28.0. The molecule has 0 bridgehead atoms. The summed E-state index contributed by atoms with van der Waals surface area (Å²) in [5.41, 5.74) is -0.556. The highest BCUT2D eigenvalue weighted by Crippen LogP contribution is 2.28. The van der Waals surface area contributed by atoms with E-state index in [1.807, 2.05) is 0 Å². The molecule has 248 valence electrons. The van der Waals surface area contributed by atoms with Crippen molar-refractivity contribution in [1.82, 2.24) is 50.5 Å². The van der Waals surface area contributed by atoms with Gasteiger partial charge in [0, 0.05) is 12.1 Å². The van der Waals surface area contributed by atoms with Crippen LogP contribution in [0.3, 0.4) is 0 Å². The quantitative estimate of drug-likeness (QED) is 0.127. The number of tetrazole rings is 2. The first-order valence-corrected chi connectivity index (χ1v) is 14.1. The smallest absolute Gasteiger partial charge is 0.337 e. The molecule has 6 rings (SSSR count). The highest BCUT2D eigenvalue weighted by Gasteiger charge is 2.20. The maximum atomic E-state index is 14.7. The van der Waals surface area contributed by atoms with Gasteiger partial charge < -0.3 is 30.3 Å². The maximum absolute atomic E-state index is 14.7. The van der Waals surface area contributed by atoms with Crippen molar-refractivity contribution in [3.05, 3.63) is 82.9 Å². The summed E-state index contributed by atoms with van der Waals surface area (Å²) in [5, 5.41) is 53.5. The van der Waals surface area contributed by atoms with Crippen molar-refractivity contribution < 1.29 is 43.3 Å². The maximum Gasteiger partial charge on any atom is 0.337 e. The van der Waals surface area contributed by atoms with E-state index in [0.29, 0.717) is 18.5 Å². The molecule has 4 aromatic heterocycles. The van der Waals surface area contributed by atoms with E-state index in [1.165, 1.54) is 42.5 Å². The van der Waals surface area contributed by atoms with Gasteiger partial charge in [-0.1, -0.05) is 0 Å². The summed E-state index contributed by atoms with van der Waals surface area (Å²) in [6.45, 7) is 0.135. The Bertz CT molecular complexity index is 2240. The number of unbranched alkanes of at least 4 members (excludes halogenated alkanes) is 1. The zero-order valence-corrected chi connectivity index (χ0v) is 24.7. The molecular weight excluding hydrogens is 651 g/mol. The van der Waals surface area contributed by atoms with E-state index < -0.39 is 35.1 Å². The van der Waals surface area contributed by atoms with Gasteiger partial charge in [0.2, 0.25) is 0 Å². The predicted octanol–water partition coefficient (Wildman–Crippen LogP) is 1.63. The van der Waals surface area contributed by atoms with Gasteiger partial charge >= 0.3 is 11.9 Å². The monoisotopic (exact) mass is 672 g/mol. The van der Waals surface area contributed by atoms with Gasteiger partial charge in [0.25, 0.3) is 11.8 Å². The van der Waals surface area contributed by atoms with Crippen LogP contribution in [0.1, 0.15) is 54.5 Å². The second kappa shape index (κ2) is 13.7. The zero-order chi connectivity index (χ0) is 34.5. The number of carboxylic acid groups (broad SMARTS) is 2. The Morgan fingerprint density at radius 1 is 0.694 bits per heavy atom. The molecule has 49 heavy (non-hydrogen) atoms. The number of carboxylic acids is 2. The Hall–Kier alpha value is -7.19. The molecule has 0 radical (unpaired) electrons. The highest BCUT2D eigenvalue weighted by atomic mass is 19.1. The number of carbonyl (C=O) groups excluding carboxylic acids is 2. The molecule has 0 fully saturated rings. The number of rotatable bonds is 13. The predicted molar refractivity (Wildman–Crippen MR) is 160 cm³/mol. The van der Waals surface area contributed by atoms with Crippen LogP contribution in [-0.2, 0) is 0 Å². The lowest BCUT2D eigenvalue weighted by atomic mass is 10.1. The third-order valence-electron chi connectivity index (χ3n) is 6.69. The Morgan fingerprint density at radius 3 is 1.82 bits per heavy atom. The van der Waals surface area contributed by atoms with Gasteiger partial charge in [-0.15, -0.1) is 29.7 Å². The Morgan fingerprint density at radius 2 is 1.24 bits per heavy atom. The third-order valence-corrected chi connectivity index (χ3v) is 6.69. The van der Waals surface area contributed by atoms with Crippen molar-refractivity contribution in [2.45, 2.75) is 12.8 Å². The standard InChI is InChI=1S/C28H21FN12O8/c29-17-12-16(28(46)47)21(31-26(43)19-6-8-24-33-37-39-41(24)35-19)13-22(17)49-10-2-1-9-48-14-3-4-15(27(44)45)20(11-14)30-25(42)18-5-7-23-32-36-38-40(23)34-18/h3-8,11-13H,1-2,9-10H2,(H,30,42)(H,31,43)(H,44,45)(H,46,47). The number of benzene rings is 2. The fourth-order valence-corrected chi connectivity index (χ4v) is 4.34. The summed E-state index contributed by atoms with van der Waals surface area (Å²) in [6, 6.07) is 11.4. The van der Waals surface area contributed by atoms with Crippen molar-refractivity contribution in [3.63, 3.8) is 0 Å². The molecule has 0 aliphatic rings. The molecule has 21 heteroatoms. The minimum absolute atomic E-state index is 0.00446. The number of ether oxygens (including phenoxy) is 2. The number of nitrogens with zero attached hydrogens (tertiary/aromatic N) is 10. The summed E-state index contributed by atoms with van der Waals surface area (Å²) in [7, 11) is 0. The molecule has 0 unspecified atom stereocenters. The lowest BCUT2D eigenvalue weighted by molar-refractivity contribution is 0.0686. The molecule has 6 aromatic rings. The second-order valence-corrected chi connectivity index (χ2v) is 9.95. The third kappa shape index (κ3) is 7.14. The first kappa shape index (κ1) is 31.8. The second-order valence-electron chi connectivity index (χ2n) is 9.95. The van der Waals surface area contributed by atoms with Crippen LogP contribution in [0, 0.1) is 5.82 Å². The van der Waals surface area contributed by atoms with Crippen LogP contribution in [0.5, 0.6) is 11.5 Å². The Balaban J connectivity index is 1.04. The molecular formula is C28H21FN12O8. The summed E-state index contributed by atoms with van der Waals surface area (Å²) in [6.07, 6.45) is 0.766. The Labute approximate surface area is 271 Å². The van der Waals surface area contributed by atoms with Gasteiger partial charge in [-0.05, 0) is 76.2 Å². The van der Waals surface area contributed by atoms with Gasteiger partial charge in [-0.25, -0.2) is 14.0 Å². The van der Waals surface area contributed by atoms with Crippen molar-refractivity contribution in [2.75, 3.05) is 23.8 Å². The van der Waals surface area contributed by atoms with Crippen LogP contribution < -0.4 is 20.1 Å². The molecule has 0 saturated carbocycles. The van der Waals surface area contributed by atoms with Crippen LogP contribution in [0.2, 0.25) is 0 Å². The summed E-state index contributed by atoms with van der Waals surface area (Å²) >= 11 is 0. The normalized spacial score (nSPS) is 11.0. The van der Waals surface area contributed by atoms with Crippen molar-refractivity contribution in [1.29, 1.82) is 0 Å². The van der Waals surface area contributed by atoms with E-state index in [4.69, 9.17) is 9.47 Å². The number of anilines is 2. The molecule has 0 atom stereocenters. The van der Waals surface area contributed by atoms with Crippen LogP contribution in [0.15, 0.2) is 54.6 Å². The lowest BCUT2D eigenvalue weighted by Crippen LogP contribution is -2.18. The lowest BCUT2D eigenvalue weighted by Gasteiger charge is -2.13. The number of hydrogen-bond donors (Lipinski definition) is 4. The van der Waals surface area contributed by atoms with Gasteiger partial charge in [-0.2, -0.15) is 0 Å². The number of hydrogen-bond acceptors (Lipinski definition) is 14. The number of carbonyl (C=O) groups is 4. The molecule has 0 aliphatic carbocycles. The molecule has 20 nitrogen and oxygen atoms in total. The van der Waals surface area contributed by atoms with E-state index in [0.717, 1.165) is 21.4 Å². The van der Waals surface area contributed by atoms with Crippen molar-refractivity contribution >= 4 is 46.4 Å². The topological polar surface area (TPSA) is 263 Å². The number of aromatic carboxylic acids is 2. The average Bonchev–Trinajstić information content (AvgIpc) is 3.76. The van der Waals surface area contributed by atoms with Crippen LogP contribution in [0.25, 0.3) is 11.3 Å². The molecule has 0 aliphatic heterocycles. The fourth-order valence-electron chi connectivity index (χ4n) is 4.34. The van der Waals surface area contributed by atoms with Crippen molar-refractivity contribution in [3.8, 4) is 11.5 Å². The first-order chi connectivity index (χ1) is 23.7. The SMILES string of the molecule is O=C(Nc1cc(OCCCCOc2cc(NC(=O)c3ccc4nnnn4n3)c(C(=O)O)cc2F)ccc1C(=O)O)c1ccc2nnnn2n1. The Kier molecular flexibility index (Phi) is 8.86. The number of halogens is 1. The minimum Gasteiger partial charge on any atom is -0.494 e. The minimum atomic E-state index is -1.48. The van der Waals surface area contributed by atoms with E-state index >= 15 is 0 Å². The van der Waals surface area contributed by atoms with E-state index in [-0.39, 0.29) is 58.7 Å². The molecule has 0 saturated heterocycles. The van der Waals surface area contributed by atoms with Gasteiger partial charge in [0.1, 0.15) is 5.75 Å². The molecule has 4 N–H and O–H groups in total. The average molecular weight is 673 g/mol. The number of aromatic nitrogens is 10. The molecule has 4 heterocycles. The van der Waals surface area contributed by atoms with E-state index in [1.54, 1.807) is 0 Å². The first-order valence-electron chi connectivity index (χ1n) is 14.1. The van der Waals surface area contributed by atoms with Crippen LogP contribution in [0.4, 0.5) is 15.8 Å². The van der Waals surface area contributed by atoms with Crippen molar-refractivity contribution in [2.24, 2.45) is 0 Å². The highest BCUT2D eigenvalue weighted by molar-refractivity contribution is 6.07. The summed E-state index contributed by atoms with van der Waals surface area (Å²) in [4.78, 5) is 49.0. The molecule has 2 amide bonds. The number of fused-ring (bicyclic) bond motifs is 2. The van der Waals surface area contributed by atoms with E-state index in [9.17, 15) is 33.8 Å². The van der Waals surface area contributed by atoms with Crippen LogP contribution >= 0.6 is 0 Å². The summed E-state index contributed by atoms with van der Waals surface area (Å²) in [5.74, 6) is -5.27. The zero-order valence-electron chi connectivity index (χ0n) is 24.7.